The van der Waals surface area contributed by atoms with Gasteiger partial charge in [0.05, 0.1) is 18.2 Å². The molecule has 1 N–H and O–H groups in total. The Kier molecular flexibility index (Phi) is 3.16. The summed E-state index contributed by atoms with van der Waals surface area (Å²) in [5.74, 6) is 0.246. The number of aromatic nitrogens is 3. The number of phenols is 1. The Morgan fingerprint density at radius 3 is 2.00 bits per heavy atom. The highest BCUT2D eigenvalue weighted by molar-refractivity contribution is 5.82. The van der Waals surface area contributed by atoms with E-state index in [0.29, 0.717) is 0 Å². The Morgan fingerprint density at radius 1 is 0.826 bits per heavy atom. The third-order valence-electron chi connectivity index (χ3n) is 3.70. The number of benzene rings is 2. The molecule has 0 spiro atoms. The van der Waals surface area contributed by atoms with E-state index in [0.717, 1.165) is 27.9 Å². The van der Waals surface area contributed by atoms with Crippen molar-refractivity contribution in [2.24, 2.45) is 0 Å². The van der Waals surface area contributed by atoms with Crippen molar-refractivity contribution < 1.29 is 9.52 Å². The van der Waals surface area contributed by atoms with Gasteiger partial charge in [-0.2, -0.15) is 5.10 Å². The van der Waals surface area contributed by atoms with E-state index in [2.05, 4.69) is 10.1 Å². The van der Waals surface area contributed by atoms with Crippen LogP contribution in [0.3, 0.4) is 0 Å². The van der Waals surface area contributed by atoms with Crippen molar-refractivity contribution in [1.29, 1.82) is 0 Å². The molecule has 0 saturated carbocycles. The number of rotatable bonds is 3. The van der Waals surface area contributed by atoms with Gasteiger partial charge in [-0.05, 0) is 35.4 Å². The number of hydrogen-bond donors (Lipinski definition) is 1. The van der Waals surface area contributed by atoms with E-state index in [-0.39, 0.29) is 5.75 Å². The van der Waals surface area contributed by atoms with Crippen LogP contribution in [0.2, 0.25) is 0 Å². The Hall–Kier alpha value is -3.34. The molecule has 2 aromatic carbocycles. The first-order chi connectivity index (χ1) is 11.3. The average molecular weight is 303 g/mol. The second-order valence-electron chi connectivity index (χ2n) is 5.13. The zero-order valence-corrected chi connectivity index (χ0v) is 12.1. The summed E-state index contributed by atoms with van der Waals surface area (Å²) in [4.78, 5) is 3.95. The lowest BCUT2D eigenvalue weighted by Gasteiger charge is -2.05. The summed E-state index contributed by atoms with van der Waals surface area (Å²) in [5.41, 5.74) is 4.97. The van der Waals surface area contributed by atoms with Crippen LogP contribution in [0.15, 0.2) is 78.1 Å². The summed E-state index contributed by atoms with van der Waals surface area (Å²) in [6.45, 7) is 0. The molecule has 2 aromatic heterocycles. The lowest BCUT2D eigenvalue weighted by atomic mass is 9.99. The second-order valence-corrected chi connectivity index (χ2v) is 5.13. The summed E-state index contributed by atoms with van der Waals surface area (Å²) in [5, 5.41) is 13.5. The van der Waals surface area contributed by atoms with Gasteiger partial charge >= 0.3 is 0 Å². The molecule has 0 aliphatic carbocycles. The maximum atomic E-state index is 9.42. The zero-order valence-electron chi connectivity index (χ0n) is 12.1. The van der Waals surface area contributed by atoms with E-state index < -0.39 is 0 Å². The SMILES string of the molecule is Oc1ccc(-c2cocc2-c2ccc(-n3cncn3)cc2)cc1. The maximum absolute atomic E-state index is 9.42. The van der Waals surface area contributed by atoms with Gasteiger partial charge < -0.3 is 9.52 Å². The van der Waals surface area contributed by atoms with Gasteiger partial charge in [-0.15, -0.1) is 0 Å². The van der Waals surface area contributed by atoms with Gasteiger partial charge in [0.1, 0.15) is 18.4 Å². The largest absolute Gasteiger partial charge is 0.508 e. The Bertz CT molecular complexity index is 908. The summed E-state index contributed by atoms with van der Waals surface area (Å²) >= 11 is 0. The van der Waals surface area contributed by atoms with Gasteiger partial charge in [0.25, 0.3) is 0 Å². The predicted octanol–water partition coefficient (Wildman–Crippen LogP) is 3.90. The molecule has 23 heavy (non-hydrogen) atoms. The second kappa shape index (κ2) is 5.46. The van der Waals surface area contributed by atoms with Crippen LogP contribution >= 0.6 is 0 Å². The molecule has 5 nitrogen and oxygen atoms in total. The molecule has 0 bridgehead atoms. The fraction of sp³-hybridized carbons (Fsp3) is 0. The van der Waals surface area contributed by atoms with Crippen LogP contribution in [0.4, 0.5) is 0 Å². The third-order valence-corrected chi connectivity index (χ3v) is 3.70. The molecule has 2 heterocycles. The number of nitrogens with zero attached hydrogens (tertiary/aromatic N) is 3. The summed E-state index contributed by atoms with van der Waals surface area (Å²) in [7, 11) is 0. The van der Waals surface area contributed by atoms with E-state index >= 15 is 0 Å². The molecular weight excluding hydrogens is 290 g/mol. The van der Waals surface area contributed by atoms with Gasteiger partial charge in [0.15, 0.2) is 0 Å². The predicted molar refractivity (Wildman–Crippen MR) is 86.2 cm³/mol. The van der Waals surface area contributed by atoms with Crippen molar-refractivity contribution in [3.8, 4) is 33.7 Å². The average Bonchev–Trinajstić information content (AvgIpc) is 3.28. The standard InChI is InChI=1S/C18H13N3O2/c22-16-7-3-14(4-8-16)18-10-23-9-17(18)13-1-5-15(6-2-13)21-12-19-11-20-21/h1-12,22H. The van der Waals surface area contributed by atoms with Crippen molar-refractivity contribution in [1.82, 2.24) is 14.8 Å². The number of furan rings is 1. The Morgan fingerprint density at radius 2 is 1.43 bits per heavy atom. The van der Waals surface area contributed by atoms with Crippen molar-refractivity contribution in [2.75, 3.05) is 0 Å². The third kappa shape index (κ3) is 2.48. The van der Waals surface area contributed by atoms with E-state index in [1.165, 1.54) is 6.33 Å². The molecule has 0 saturated heterocycles. The smallest absolute Gasteiger partial charge is 0.138 e. The van der Waals surface area contributed by atoms with Crippen molar-refractivity contribution in [2.45, 2.75) is 0 Å². The van der Waals surface area contributed by atoms with Gasteiger partial charge in [0, 0.05) is 11.1 Å². The molecule has 5 heteroatoms. The van der Waals surface area contributed by atoms with Crippen molar-refractivity contribution in [3.63, 3.8) is 0 Å². The van der Waals surface area contributed by atoms with Crippen LogP contribution in [-0.4, -0.2) is 19.9 Å². The Balaban J connectivity index is 1.72. The molecule has 0 fully saturated rings. The van der Waals surface area contributed by atoms with E-state index in [1.807, 2.05) is 36.4 Å². The minimum absolute atomic E-state index is 0.246. The molecule has 0 unspecified atom stereocenters. The van der Waals surface area contributed by atoms with Gasteiger partial charge in [-0.25, -0.2) is 9.67 Å². The molecule has 4 aromatic rings. The molecule has 112 valence electrons. The highest BCUT2D eigenvalue weighted by Gasteiger charge is 2.10. The molecule has 0 radical (unpaired) electrons. The lowest BCUT2D eigenvalue weighted by Crippen LogP contribution is -1.93. The fourth-order valence-electron chi connectivity index (χ4n) is 2.52. The van der Waals surface area contributed by atoms with Gasteiger partial charge in [-0.3, -0.25) is 0 Å². The van der Waals surface area contributed by atoms with Crippen LogP contribution in [0.1, 0.15) is 0 Å². The first-order valence-corrected chi connectivity index (χ1v) is 7.12. The number of aromatic hydroxyl groups is 1. The van der Waals surface area contributed by atoms with Crippen LogP contribution in [0.25, 0.3) is 27.9 Å². The molecule has 0 amide bonds. The van der Waals surface area contributed by atoms with Crippen LogP contribution in [0, 0.1) is 0 Å². The minimum atomic E-state index is 0.246. The first kappa shape index (κ1) is 13.3. The summed E-state index contributed by atoms with van der Waals surface area (Å²) < 4.78 is 7.11. The quantitative estimate of drug-likeness (QED) is 0.623. The molecule has 4 rings (SSSR count). The van der Waals surface area contributed by atoms with Crippen LogP contribution < -0.4 is 0 Å². The molecule has 0 aliphatic heterocycles. The van der Waals surface area contributed by atoms with Crippen molar-refractivity contribution >= 4 is 0 Å². The number of phenolic OH excluding ortho intramolecular Hbond substituents is 1. The van der Waals surface area contributed by atoms with E-state index in [1.54, 1.807) is 35.7 Å². The topological polar surface area (TPSA) is 64.1 Å². The highest BCUT2D eigenvalue weighted by atomic mass is 16.3. The first-order valence-electron chi connectivity index (χ1n) is 7.12. The van der Waals surface area contributed by atoms with Gasteiger partial charge in [0.2, 0.25) is 0 Å². The lowest BCUT2D eigenvalue weighted by molar-refractivity contribution is 0.475. The fourth-order valence-corrected chi connectivity index (χ4v) is 2.52. The molecule has 0 aliphatic rings. The molecular formula is C18H13N3O2. The van der Waals surface area contributed by atoms with Crippen LogP contribution in [0.5, 0.6) is 5.75 Å². The Labute approximate surface area is 132 Å². The monoisotopic (exact) mass is 303 g/mol. The number of hydrogen-bond acceptors (Lipinski definition) is 4. The maximum Gasteiger partial charge on any atom is 0.138 e. The zero-order chi connectivity index (χ0) is 15.6. The minimum Gasteiger partial charge on any atom is -0.508 e. The van der Waals surface area contributed by atoms with Crippen molar-refractivity contribution in [3.05, 3.63) is 73.7 Å². The van der Waals surface area contributed by atoms with E-state index in [4.69, 9.17) is 4.42 Å². The normalized spacial score (nSPS) is 10.8. The molecule has 0 atom stereocenters. The van der Waals surface area contributed by atoms with Crippen LogP contribution in [-0.2, 0) is 0 Å². The summed E-state index contributed by atoms with van der Waals surface area (Å²) in [6.07, 6.45) is 6.61. The highest BCUT2D eigenvalue weighted by Crippen LogP contribution is 2.34. The van der Waals surface area contributed by atoms with E-state index in [9.17, 15) is 5.11 Å². The van der Waals surface area contributed by atoms with Gasteiger partial charge in [-0.1, -0.05) is 24.3 Å². The summed E-state index contributed by atoms with van der Waals surface area (Å²) in [6, 6.07) is 15.1.